The maximum absolute atomic E-state index is 10.4. The third kappa shape index (κ3) is 12.8. The molecule has 0 unspecified atom stereocenters. The molecule has 286 valence electrons. The molecule has 2 aliphatic carbocycles. The Bertz CT molecular complexity index is 1580. The zero-order valence-electron chi connectivity index (χ0n) is 33.6. The number of hydrogen-bond donors (Lipinski definition) is 4. The molecule has 1 aliphatic heterocycles. The largest absolute Gasteiger partial charge is 0.393 e. The standard InChI is InChI=1S/C46H66O6/c1-30(18-14-20-32(3)22-24-39-34(5)26-37(47)28-45(39,8)9)16-12-13-17-31(2)19-15-21-33(4)23-25-40-35(6)27-38(29-46(40,10)11)52-44-43(50)42(49)41(48)36(7)51-44/h12-25,36-38,41-44,47-50H,26-29H2,1-11H3/b13-12-,18-14+,19-15+,24-22-,25-23+,30-16-,31-17+,32-20-,33-21+/t36-,37+,38+,41-,42+,43+,44-/m0/s1. The maximum atomic E-state index is 10.4. The Morgan fingerprint density at radius 1 is 0.615 bits per heavy atom. The van der Waals surface area contributed by atoms with Gasteiger partial charge in [-0.3, -0.25) is 0 Å². The van der Waals surface area contributed by atoms with Crippen LogP contribution in [0.3, 0.4) is 0 Å². The average molecular weight is 715 g/mol. The zero-order chi connectivity index (χ0) is 38.8. The number of hydrogen-bond acceptors (Lipinski definition) is 6. The van der Waals surface area contributed by atoms with Crippen LogP contribution in [0, 0.1) is 10.8 Å². The van der Waals surface area contributed by atoms with Gasteiger partial charge in [-0.05, 0) is 96.1 Å². The van der Waals surface area contributed by atoms with Crippen LogP contribution in [0.2, 0.25) is 0 Å². The van der Waals surface area contributed by atoms with Gasteiger partial charge < -0.3 is 29.9 Å². The molecule has 1 saturated heterocycles. The van der Waals surface area contributed by atoms with Gasteiger partial charge in [0, 0.05) is 0 Å². The summed E-state index contributed by atoms with van der Waals surface area (Å²) in [6.07, 6.45) is 26.9. The zero-order valence-corrected chi connectivity index (χ0v) is 33.6. The van der Waals surface area contributed by atoms with Crippen molar-refractivity contribution in [2.75, 3.05) is 0 Å². The van der Waals surface area contributed by atoms with Crippen LogP contribution in [-0.2, 0) is 9.47 Å². The Kier molecular flexibility index (Phi) is 16.1. The molecular formula is C46H66O6. The molecule has 6 nitrogen and oxygen atoms in total. The van der Waals surface area contributed by atoms with Crippen molar-refractivity contribution in [2.45, 2.75) is 145 Å². The van der Waals surface area contributed by atoms with Crippen molar-refractivity contribution in [3.05, 3.63) is 130 Å². The Morgan fingerprint density at radius 2 is 1.06 bits per heavy atom. The lowest BCUT2D eigenvalue weighted by Crippen LogP contribution is -2.58. The number of ether oxygens (including phenoxy) is 2. The molecule has 4 N–H and O–H groups in total. The molecule has 6 heteroatoms. The molecule has 0 aromatic rings. The second-order valence-electron chi connectivity index (χ2n) is 16.5. The lowest BCUT2D eigenvalue weighted by Gasteiger charge is -2.43. The van der Waals surface area contributed by atoms with Gasteiger partial charge in [-0.2, -0.15) is 0 Å². The van der Waals surface area contributed by atoms with Crippen molar-refractivity contribution in [2.24, 2.45) is 10.8 Å². The molecule has 0 bridgehead atoms. The Morgan fingerprint density at radius 3 is 1.54 bits per heavy atom. The van der Waals surface area contributed by atoms with Crippen LogP contribution in [0.1, 0.15) is 102 Å². The van der Waals surface area contributed by atoms with Crippen LogP contribution in [0.4, 0.5) is 0 Å². The van der Waals surface area contributed by atoms with Crippen molar-refractivity contribution < 1.29 is 29.9 Å². The van der Waals surface area contributed by atoms with E-state index in [4.69, 9.17) is 9.47 Å². The van der Waals surface area contributed by atoms with E-state index < -0.39 is 30.7 Å². The fourth-order valence-corrected chi connectivity index (χ4v) is 7.51. The van der Waals surface area contributed by atoms with Gasteiger partial charge in [0.15, 0.2) is 6.29 Å². The van der Waals surface area contributed by atoms with E-state index in [9.17, 15) is 20.4 Å². The predicted molar refractivity (Wildman–Crippen MR) is 215 cm³/mol. The van der Waals surface area contributed by atoms with E-state index >= 15 is 0 Å². The Balaban J connectivity index is 1.51. The molecule has 3 rings (SSSR count). The first-order valence-corrected chi connectivity index (χ1v) is 18.8. The third-order valence-electron chi connectivity index (χ3n) is 10.4. The SMILES string of the molecule is CC1=C(\C=C/C(C)=C\C=C\C(C)=C/C=C\C=C(C)\C=C\C=C(C)\C=C\C2=C(C)C[C@@H](O[C@@H]3O[C@@H](C)[C@H](O)[C@@H](O)[C@H]3O)CC2(C)C)C(C)(C)C[C@H](O)C1. The number of aliphatic hydroxyl groups excluding tert-OH is 4. The van der Waals surface area contributed by atoms with Crippen molar-refractivity contribution in [3.63, 3.8) is 0 Å². The molecule has 1 heterocycles. The van der Waals surface area contributed by atoms with Crippen molar-refractivity contribution >= 4 is 0 Å². The summed E-state index contributed by atoms with van der Waals surface area (Å²) < 4.78 is 11.8. The van der Waals surface area contributed by atoms with Crippen LogP contribution < -0.4 is 0 Å². The second-order valence-corrected chi connectivity index (χ2v) is 16.5. The number of aliphatic hydroxyl groups is 4. The van der Waals surface area contributed by atoms with Crippen LogP contribution in [0.25, 0.3) is 0 Å². The maximum Gasteiger partial charge on any atom is 0.186 e. The first kappa shape index (κ1) is 43.3. The van der Waals surface area contributed by atoms with Gasteiger partial charge in [-0.15, -0.1) is 0 Å². The molecular weight excluding hydrogens is 649 g/mol. The van der Waals surface area contributed by atoms with Gasteiger partial charge in [0.25, 0.3) is 0 Å². The predicted octanol–water partition coefficient (Wildman–Crippen LogP) is 9.40. The van der Waals surface area contributed by atoms with E-state index in [0.29, 0.717) is 6.42 Å². The topological polar surface area (TPSA) is 99.4 Å². The van der Waals surface area contributed by atoms with Crippen LogP contribution >= 0.6 is 0 Å². The molecule has 0 saturated carbocycles. The summed E-state index contributed by atoms with van der Waals surface area (Å²) in [6.45, 7) is 23.1. The summed E-state index contributed by atoms with van der Waals surface area (Å²) in [5.74, 6) is 0. The van der Waals surface area contributed by atoms with Crippen LogP contribution in [-0.4, -0.2) is 63.3 Å². The highest BCUT2D eigenvalue weighted by molar-refractivity contribution is 5.39. The third-order valence-corrected chi connectivity index (χ3v) is 10.4. The summed E-state index contributed by atoms with van der Waals surface area (Å²) in [5.41, 5.74) is 9.59. The van der Waals surface area contributed by atoms with Gasteiger partial charge in [0.2, 0.25) is 0 Å². The molecule has 1 fully saturated rings. The molecule has 0 amide bonds. The van der Waals surface area contributed by atoms with Crippen molar-refractivity contribution in [1.29, 1.82) is 0 Å². The average Bonchev–Trinajstić information content (AvgIpc) is 3.03. The van der Waals surface area contributed by atoms with E-state index in [2.05, 4.69) is 154 Å². The minimum atomic E-state index is -1.30. The quantitative estimate of drug-likeness (QED) is 0.150. The first-order chi connectivity index (χ1) is 24.3. The minimum Gasteiger partial charge on any atom is -0.393 e. The Hall–Kier alpha value is -3.10. The monoisotopic (exact) mass is 714 g/mol. The highest BCUT2D eigenvalue weighted by Crippen LogP contribution is 2.43. The molecule has 0 aromatic heterocycles. The van der Waals surface area contributed by atoms with Crippen LogP contribution in [0.5, 0.6) is 0 Å². The summed E-state index contributed by atoms with van der Waals surface area (Å²) in [7, 11) is 0. The molecule has 0 spiro atoms. The number of rotatable bonds is 12. The summed E-state index contributed by atoms with van der Waals surface area (Å²) >= 11 is 0. The smallest absolute Gasteiger partial charge is 0.186 e. The van der Waals surface area contributed by atoms with Crippen LogP contribution in [0.15, 0.2) is 130 Å². The summed E-state index contributed by atoms with van der Waals surface area (Å²) in [6, 6.07) is 0. The lowest BCUT2D eigenvalue weighted by atomic mass is 9.71. The summed E-state index contributed by atoms with van der Waals surface area (Å²) in [5, 5.41) is 40.7. The summed E-state index contributed by atoms with van der Waals surface area (Å²) in [4.78, 5) is 0. The molecule has 7 atom stereocenters. The molecule has 0 radical (unpaired) electrons. The van der Waals surface area contributed by atoms with Gasteiger partial charge in [-0.1, -0.05) is 146 Å². The van der Waals surface area contributed by atoms with E-state index in [0.717, 1.165) is 30.4 Å². The van der Waals surface area contributed by atoms with Crippen molar-refractivity contribution in [1.82, 2.24) is 0 Å². The van der Waals surface area contributed by atoms with Gasteiger partial charge in [0.05, 0.1) is 18.3 Å². The van der Waals surface area contributed by atoms with E-state index in [1.807, 2.05) is 0 Å². The molecule has 52 heavy (non-hydrogen) atoms. The highest BCUT2D eigenvalue weighted by Gasteiger charge is 2.44. The second kappa shape index (κ2) is 19.3. The van der Waals surface area contributed by atoms with Crippen molar-refractivity contribution in [3.8, 4) is 0 Å². The minimum absolute atomic E-state index is 0.0120. The van der Waals surface area contributed by atoms with Gasteiger partial charge >= 0.3 is 0 Å². The molecule has 3 aliphatic rings. The normalized spacial score (nSPS) is 31.5. The molecule has 0 aromatic carbocycles. The van der Waals surface area contributed by atoms with E-state index in [-0.39, 0.29) is 23.0 Å². The van der Waals surface area contributed by atoms with E-state index in [1.54, 1.807) is 6.92 Å². The first-order valence-electron chi connectivity index (χ1n) is 18.8. The fourth-order valence-electron chi connectivity index (χ4n) is 7.51. The lowest BCUT2D eigenvalue weighted by molar-refractivity contribution is -0.305. The van der Waals surface area contributed by atoms with Gasteiger partial charge in [-0.25, -0.2) is 0 Å². The fraction of sp³-hybridized carbons (Fsp3) is 0.522. The van der Waals surface area contributed by atoms with Gasteiger partial charge in [0.1, 0.15) is 18.3 Å². The highest BCUT2D eigenvalue weighted by atomic mass is 16.7. The number of allylic oxidation sites excluding steroid dienone is 20. The Labute approximate surface area is 314 Å². The van der Waals surface area contributed by atoms with E-state index in [1.165, 1.54) is 33.4 Å².